The van der Waals surface area contributed by atoms with Gasteiger partial charge in [0.05, 0.1) is 6.04 Å². The first-order valence-electron chi connectivity index (χ1n) is 5.97. The fourth-order valence-corrected chi connectivity index (χ4v) is 2.47. The zero-order chi connectivity index (χ0) is 13.4. The molecule has 6 heteroatoms. The number of likely N-dealkylation sites (N-methyl/N-ethyl adjacent to an activating group) is 1. The van der Waals surface area contributed by atoms with Crippen LogP contribution < -0.4 is 10.6 Å². The third-order valence-corrected chi connectivity index (χ3v) is 3.54. The van der Waals surface area contributed by atoms with E-state index in [2.05, 4.69) is 21.6 Å². The Balaban J connectivity index is 2.37. The Morgan fingerprint density at radius 1 is 1.50 bits per heavy atom. The molecule has 1 rings (SSSR count). The van der Waals surface area contributed by atoms with Crippen LogP contribution in [0.4, 0.5) is 4.79 Å². The molecular weight excluding hydrogens is 250 g/mol. The summed E-state index contributed by atoms with van der Waals surface area (Å²) in [5.41, 5.74) is 0. The molecule has 1 heterocycles. The van der Waals surface area contributed by atoms with Gasteiger partial charge in [0.15, 0.2) is 0 Å². The van der Waals surface area contributed by atoms with Gasteiger partial charge in [-0.15, -0.1) is 11.3 Å². The van der Waals surface area contributed by atoms with Crippen molar-refractivity contribution < 1.29 is 9.90 Å². The Hall–Kier alpha value is -1.11. The van der Waals surface area contributed by atoms with E-state index in [1.807, 2.05) is 25.5 Å². The first-order valence-corrected chi connectivity index (χ1v) is 6.85. The highest BCUT2D eigenvalue weighted by molar-refractivity contribution is 7.10. The number of hydrogen-bond acceptors (Lipinski definition) is 4. The number of urea groups is 1. The fourth-order valence-electron chi connectivity index (χ4n) is 1.55. The molecule has 0 aliphatic carbocycles. The van der Waals surface area contributed by atoms with E-state index >= 15 is 0 Å². The molecule has 0 spiro atoms. The molecule has 1 aromatic rings. The van der Waals surface area contributed by atoms with Gasteiger partial charge in [-0.2, -0.15) is 0 Å². The first-order chi connectivity index (χ1) is 8.65. The number of nitrogens with zero attached hydrogens (tertiary/aromatic N) is 1. The highest BCUT2D eigenvalue weighted by atomic mass is 32.1. The third kappa shape index (κ3) is 5.03. The van der Waals surface area contributed by atoms with E-state index in [-0.39, 0.29) is 18.7 Å². The maximum atomic E-state index is 11.5. The van der Waals surface area contributed by atoms with Crippen LogP contribution in [-0.2, 0) is 0 Å². The molecule has 1 aromatic heterocycles. The Kier molecular flexibility index (Phi) is 6.70. The van der Waals surface area contributed by atoms with Crippen molar-refractivity contribution in [3.8, 4) is 0 Å². The van der Waals surface area contributed by atoms with Crippen molar-refractivity contribution >= 4 is 17.4 Å². The van der Waals surface area contributed by atoms with Crippen molar-refractivity contribution in [2.24, 2.45) is 0 Å². The predicted octanol–water partition coefficient (Wildman–Crippen LogP) is 1.03. The molecule has 102 valence electrons. The Morgan fingerprint density at radius 2 is 2.28 bits per heavy atom. The van der Waals surface area contributed by atoms with Gasteiger partial charge in [0.25, 0.3) is 0 Å². The summed E-state index contributed by atoms with van der Waals surface area (Å²) in [6.45, 7) is 1.15. The van der Waals surface area contributed by atoms with Crippen LogP contribution in [0.1, 0.15) is 17.3 Å². The van der Waals surface area contributed by atoms with Gasteiger partial charge in [0.1, 0.15) is 0 Å². The minimum absolute atomic E-state index is 0.0931. The molecule has 0 radical (unpaired) electrons. The normalized spacial score (nSPS) is 12.4. The molecule has 0 aliphatic heterocycles. The Morgan fingerprint density at radius 3 is 2.83 bits per heavy atom. The van der Waals surface area contributed by atoms with Gasteiger partial charge < -0.3 is 20.6 Å². The van der Waals surface area contributed by atoms with Crippen LogP contribution in [0.2, 0.25) is 0 Å². The van der Waals surface area contributed by atoms with Crippen LogP contribution in [0.3, 0.4) is 0 Å². The van der Waals surface area contributed by atoms with Crippen molar-refractivity contribution in [2.75, 3.05) is 33.8 Å². The lowest BCUT2D eigenvalue weighted by Gasteiger charge is -2.23. The molecule has 0 bridgehead atoms. The fraction of sp³-hybridized carbons (Fsp3) is 0.583. The van der Waals surface area contributed by atoms with E-state index in [4.69, 9.17) is 5.11 Å². The van der Waals surface area contributed by atoms with Crippen molar-refractivity contribution in [3.63, 3.8) is 0 Å². The zero-order valence-electron chi connectivity index (χ0n) is 10.8. The van der Waals surface area contributed by atoms with Crippen LogP contribution >= 0.6 is 11.3 Å². The number of thiophene rings is 1. The van der Waals surface area contributed by atoms with Crippen LogP contribution in [0.15, 0.2) is 17.5 Å². The number of nitrogens with one attached hydrogen (secondary N) is 2. The largest absolute Gasteiger partial charge is 0.396 e. The van der Waals surface area contributed by atoms with Crippen molar-refractivity contribution in [2.45, 2.75) is 12.5 Å². The molecule has 0 aliphatic rings. The molecule has 18 heavy (non-hydrogen) atoms. The SMILES string of the molecule is CN(C)C(CNC(=O)NCCCO)c1cccs1. The van der Waals surface area contributed by atoms with E-state index in [0.717, 1.165) is 0 Å². The first kappa shape index (κ1) is 14.9. The summed E-state index contributed by atoms with van der Waals surface area (Å²) in [5.74, 6) is 0. The highest BCUT2D eigenvalue weighted by Crippen LogP contribution is 2.22. The smallest absolute Gasteiger partial charge is 0.314 e. The topological polar surface area (TPSA) is 64.6 Å². The second kappa shape index (κ2) is 8.07. The standard InChI is InChI=1S/C12H21N3O2S/c1-15(2)10(11-5-3-8-18-11)9-14-12(17)13-6-4-7-16/h3,5,8,10,16H,4,6-7,9H2,1-2H3,(H2,13,14,17). The molecule has 1 atom stereocenters. The van der Waals surface area contributed by atoms with E-state index in [9.17, 15) is 4.79 Å². The number of amides is 2. The summed E-state index contributed by atoms with van der Waals surface area (Å²) in [7, 11) is 3.99. The molecular formula is C12H21N3O2S. The summed E-state index contributed by atoms with van der Waals surface area (Å²) >= 11 is 1.69. The number of carbonyl (C=O) groups is 1. The molecule has 0 saturated heterocycles. The number of aliphatic hydroxyl groups excluding tert-OH is 1. The Bertz CT molecular complexity index is 341. The number of rotatable bonds is 7. The lowest BCUT2D eigenvalue weighted by molar-refractivity contribution is 0.231. The monoisotopic (exact) mass is 271 g/mol. The van der Waals surface area contributed by atoms with Gasteiger partial charge in [0.2, 0.25) is 0 Å². The third-order valence-electron chi connectivity index (χ3n) is 2.57. The molecule has 5 nitrogen and oxygen atoms in total. The second-order valence-electron chi connectivity index (χ2n) is 4.21. The summed E-state index contributed by atoms with van der Waals surface area (Å²) in [6, 6.07) is 4.08. The maximum absolute atomic E-state index is 11.5. The van der Waals surface area contributed by atoms with Crippen LogP contribution in [0, 0.1) is 0 Å². The van der Waals surface area contributed by atoms with Crippen LogP contribution in [-0.4, -0.2) is 49.8 Å². The summed E-state index contributed by atoms with van der Waals surface area (Å²) in [5, 5.41) is 16.2. The van der Waals surface area contributed by atoms with Gasteiger partial charge in [-0.05, 0) is 32.0 Å². The lowest BCUT2D eigenvalue weighted by Crippen LogP contribution is -2.40. The van der Waals surface area contributed by atoms with Gasteiger partial charge in [-0.1, -0.05) is 6.07 Å². The molecule has 3 N–H and O–H groups in total. The van der Waals surface area contributed by atoms with E-state index in [1.165, 1.54) is 4.88 Å². The number of aliphatic hydroxyl groups is 1. The average molecular weight is 271 g/mol. The minimum atomic E-state index is -0.188. The van der Waals surface area contributed by atoms with Crippen molar-refractivity contribution in [1.82, 2.24) is 15.5 Å². The number of hydrogen-bond donors (Lipinski definition) is 3. The molecule has 2 amide bonds. The number of carbonyl (C=O) groups excluding carboxylic acids is 1. The summed E-state index contributed by atoms with van der Waals surface area (Å²) < 4.78 is 0. The molecule has 0 aromatic carbocycles. The van der Waals surface area contributed by atoms with Gasteiger partial charge >= 0.3 is 6.03 Å². The summed E-state index contributed by atoms with van der Waals surface area (Å²) in [6.07, 6.45) is 0.579. The Labute approximate surface area is 112 Å². The summed E-state index contributed by atoms with van der Waals surface area (Å²) in [4.78, 5) is 14.8. The second-order valence-corrected chi connectivity index (χ2v) is 5.19. The van der Waals surface area contributed by atoms with Crippen molar-refractivity contribution in [1.29, 1.82) is 0 Å². The van der Waals surface area contributed by atoms with Gasteiger partial charge in [0, 0.05) is 24.6 Å². The quantitative estimate of drug-likeness (QED) is 0.649. The molecule has 0 saturated carbocycles. The van der Waals surface area contributed by atoms with Gasteiger partial charge in [-0.25, -0.2) is 4.79 Å². The molecule has 0 fully saturated rings. The lowest BCUT2D eigenvalue weighted by atomic mass is 10.2. The maximum Gasteiger partial charge on any atom is 0.314 e. The van der Waals surface area contributed by atoms with Gasteiger partial charge in [-0.3, -0.25) is 0 Å². The van der Waals surface area contributed by atoms with Crippen LogP contribution in [0.25, 0.3) is 0 Å². The van der Waals surface area contributed by atoms with E-state index in [1.54, 1.807) is 11.3 Å². The highest BCUT2D eigenvalue weighted by Gasteiger charge is 2.15. The minimum Gasteiger partial charge on any atom is -0.396 e. The van der Waals surface area contributed by atoms with Crippen molar-refractivity contribution in [3.05, 3.63) is 22.4 Å². The zero-order valence-corrected chi connectivity index (χ0v) is 11.7. The van der Waals surface area contributed by atoms with E-state index < -0.39 is 0 Å². The predicted molar refractivity (Wildman–Crippen MR) is 73.9 cm³/mol. The van der Waals surface area contributed by atoms with Crippen LogP contribution in [0.5, 0.6) is 0 Å². The molecule has 1 unspecified atom stereocenters. The van der Waals surface area contributed by atoms with E-state index in [0.29, 0.717) is 19.5 Å². The average Bonchev–Trinajstić information content (AvgIpc) is 2.83.